The topological polar surface area (TPSA) is 261 Å². The number of rotatable bonds is 17. The largest absolute Gasteiger partial charge is 0.480 e. The number of para-hydroxylation sites is 2. The third-order valence-corrected chi connectivity index (χ3v) is 8.39. The van der Waals surface area contributed by atoms with Crippen LogP contribution in [0.1, 0.15) is 31.9 Å². The molecule has 0 radical (unpaired) electrons. The predicted molar refractivity (Wildman–Crippen MR) is 188 cm³/mol. The van der Waals surface area contributed by atoms with Gasteiger partial charge in [0.1, 0.15) is 30.7 Å². The van der Waals surface area contributed by atoms with E-state index in [1.165, 1.54) is 6.92 Å². The van der Waals surface area contributed by atoms with Crippen molar-refractivity contribution in [3.8, 4) is 0 Å². The van der Waals surface area contributed by atoms with Gasteiger partial charge in [-0.1, -0.05) is 50.2 Å². The first-order valence-corrected chi connectivity index (χ1v) is 16.5. The Labute approximate surface area is 293 Å². The fourth-order valence-corrected chi connectivity index (χ4v) is 5.69. The summed E-state index contributed by atoms with van der Waals surface area (Å²) in [7, 11) is 0. The number of aromatic amines is 2. The molecule has 5 atom stereocenters. The second kappa shape index (κ2) is 17.3. The standard InChI is InChI=1S/C35H44N8O8/c1-18(2)30(43-35(51)31(19(3)44)42-28(45)14-36)34(50)41-27(13-21-16-38-25-11-7-5-9-23(21)25)33(49)40-26(32(48)39-17-29(46)47)12-20-15-37-24-10-6-4-8-22(20)24/h4-11,15-16,18-19,26-27,30-31,37-38,44H,12-14,17,36H2,1-3H3,(H,39,48)(H,40,49)(H,41,50)(H,42,45)(H,43,51)(H,46,47)/t19-,26+,27+,30+,31+/m1/s1. The summed E-state index contributed by atoms with van der Waals surface area (Å²) in [5, 5.41) is 33.6. The number of hydrogen-bond acceptors (Lipinski definition) is 8. The minimum atomic E-state index is -1.41. The van der Waals surface area contributed by atoms with Gasteiger partial charge in [-0.2, -0.15) is 0 Å². The lowest BCUT2D eigenvalue weighted by Crippen LogP contribution is -2.61. The van der Waals surface area contributed by atoms with Crippen LogP contribution in [0.15, 0.2) is 60.9 Å². The van der Waals surface area contributed by atoms with Crippen molar-refractivity contribution in [2.75, 3.05) is 13.1 Å². The summed E-state index contributed by atoms with van der Waals surface area (Å²) >= 11 is 0. The molecule has 11 N–H and O–H groups in total. The molecular formula is C35H44N8O8. The first kappa shape index (κ1) is 38.1. The van der Waals surface area contributed by atoms with Crippen LogP contribution >= 0.6 is 0 Å². The van der Waals surface area contributed by atoms with Crippen molar-refractivity contribution in [1.82, 2.24) is 36.6 Å². The predicted octanol–water partition coefficient (Wildman–Crippen LogP) is -0.430. The second-order valence-corrected chi connectivity index (χ2v) is 12.6. The number of fused-ring (bicyclic) bond motifs is 2. The van der Waals surface area contributed by atoms with Crippen molar-refractivity contribution in [1.29, 1.82) is 0 Å². The number of aliphatic hydroxyl groups is 1. The maximum absolute atomic E-state index is 14.1. The van der Waals surface area contributed by atoms with E-state index in [1.807, 2.05) is 48.5 Å². The molecule has 0 aliphatic heterocycles. The maximum Gasteiger partial charge on any atom is 0.322 e. The highest BCUT2D eigenvalue weighted by molar-refractivity contribution is 5.97. The summed E-state index contributed by atoms with van der Waals surface area (Å²) < 4.78 is 0. The second-order valence-electron chi connectivity index (χ2n) is 12.6. The van der Waals surface area contributed by atoms with Gasteiger partial charge in [-0.3, -0.25) is 28.8 Å². The molecule has 5 amide bonds. The summed E-state index contributed by atoms with van der Waals surface area (Å²) in [5.41, 5.74) is 8.32. The number of H-pyrrole nitrogens is 2. The number of nitrogens with two attached hydrogens (primary N) is 1. The van der Waals surface area contributed by atoms with Crippen LogP contribution in [0.2, 0.25) is 0 Å². The van der Waals surface area contributed by atoms with Gasteiger partial charge in [-0.05, 0) is 36.1 Å². The fourth-order valence-electron chi connectivity index (χ4n) is 5.69. The van der Waals surface area contributed by atoms with E-state index in [4.69, 9.17) is 5.73 Å². The van der Waals surface area contributed by atoms with E-state index in [0.717, 1.165) is 21.8 Å². The Hall–Kier alpha value is -5.74. The van der Waals surface area contributed by atoms with Crippen LogP contribution in [0.3, 0.4) is 0 Å². The van der Waals surface area contributed by atoms with Gasteiger partial charge in [0.15, 0.2) is 0 Å². The number of hydrogen-bond donors (Lipinski definition) is 10. The lowest BCUT2D eigenvalue weighted by atomic mass is 9.99. The van der Waals surface area contributed by atoms with Crippen molar-refractivity contribution < 1.29 is 39.0 Å². The molecule has 4 aromatic rings. The third kappa shape index (κ3) is 9.92. The van der Waals surface area contributed by atoms with Crippen molar-refractivity contribution in [3.63, 3.8) is 0 Å². The number of amides is 5. The molecule has 0 unspecified atom stereocenters. The Balaban J connectivity index is 1.63. The zero-order chi connectivity index (χ0) is 37.2. The third-order valence-electron chi connectivity index (χ3n) is 8.39. The zero-order valence-electron chi connectivity index (χ0n) is 28.5. The SMILES string of the molecule is CC(C)[C@H](NC(=O)[C@@H](NC(=O)CN)[C@@H](C)O)C(=O)N[C@@H](Cc1c[nH]c2ccccc12)C(=O)N[C@@H](Cc1c[nH]c2ccccc12)C(=O)NCC(=O)O. The molecule has 16 nitrogen and oxygen atoms in total. The van der Waals surface area contributed by atoms with E-state index in [-0.39, 0.29) is 12.8 Å². The van der Waals surface area contributed by atoms with Crippen LogP contribution in [0.4, 0.5) is 0 Å². The number of aliphatic hydroxyl groups excluding tert-OH is 1. The molecule has 51 heavy (non-hydrogen) atoms. The Bertz CT molecular complexity index is 1880. The van der Waals surface area contributed by atoms with Crippen molar-refractivity contribution in [2.24, 2.45) is 11.7 Å². The minimum Gasteiger partial charge on any atom is -0.480 e. The molecule has 0 saturated carbocycles. The number of benzene rings is 2. The van der Waals surface area contributed by atoms with Gasteiger partial charge >= 0.3 is 5.97 Å². The van der Waals surface area contributed by atoms with Gasteiger partial charge in [0, 0.05) is 47.0 Å². The smallest absolute Gasteiger partial charge is 0.322 e. The Kier molecular flexibility index (Phi) is 12.9. The van der Waals surface area contributed by atoms with Gasteiger partial charge in [-0.15, -0.1) is 0 Å². The highest BCUT2D eigenvalue weighted by atomic mass is 16.4. The first-order valence-electron chi connectivity index (χ1n) is 16.5. The van der Waals surface area contributed by atoms with Crippen LogP contribution < -0.4 is 32.3 Å². The Morgan fingerprint density at radius 3 is 1.67 bits per heavy atom. The number of aliphatic carboxylic acids is 1. The van der Waals surface area contributed by atoms with Crippen LogP contribution in [0.25, 0.3) is 21.8 Å². The van der Waals surface area contributed by atoms with Crippen LogP contribution in [-0.4, -0.2) is 99.0 Å². The molecule has 0 spiro atoms. The molecule has 2 heterocycles. The van der Waals surface area contributed by atoms with Gasteiger partial charge in [0.2, 0.25) is 29.5 Å². The molecule has 0 saturated heterocycles. The Morgan fingerprint density at radius 2 is 1.18 bits per heavy atom. The summed E-state index contributed by atoms with van der Waals surface area (Å²) in [6, 6.07) is 9.58. The summed E-state index contributed by atoms with van der Waals surface area (Å²) in [6.07, 6.45) is 2.05. The molecule has 2 aromatic heterocycles. The van der Waals surface area contributed by atoms with E-state index in [9.17, 15) is 39.0 Å². The van der Waals surface area contributed by atoms with E-state index in [1.54, 1.807) is 26.2 Å². The number of carbonyl (C=O) groups is 6. The molecule has 2 aromatic carbocycles. The number of carboxylic acid groups (broad SMARTS) is 1. The molecule has 272 valence electrons. The number of aromatic nitrogens is 2. The zero-order valence-corrected chi connectivity index (χ0v) is 28.5. The normalized spacial score (nSPS) is 14.2. The molecule has 0 aliphatic carbocycles. The number of carbonyl (C=O) groups excluding carboxylic acids is 5. The van der Waals surface area contributed by atoms with Crippen molar-refractivity contribution in [3.05, 3.63) is 72.1 Å². The number of nitrogens with one attached hydrogen (secondary N) is 7. The van der Waals surface area contributed by atoms with E-state index in [2.05, 4.69) is 36.6 Å². The fraction of sp³-hybridized carbons (Fsp3) is 0.371. The van der Waals surface area contributed by atoms with E-state index in [0.29, 0.717) is 11.1 Å². The van der Waals surface area contributed by atoms with Crippen LogP contribution in [-0.2, 0) is 41.6 Å². The quantitative estimate of drug-likeness (QED) is 0.0683. The lowest BCUT2D eigenvalue weighted by Gasteiger charge is -2.28. The summed E-state index contributed by atoms with van der Waals surface area (Å²) in [5.74, 6) is -5.54. The molecular weight excluding hydrogens is 660 g/mol. The van der Waals surface area contributed by atoms with Crippen molar-refractivity contribution in [2.45, 2.75) is 63.9 Å². The highest BCUT2D eigenvalue weighted by Crippen LogP contribution is 2.21. The van der Waals surface area contributed by atoms with Crippen LogP contribution in [0, 0.1) is 5.92 Å². The first-order chi connectivity index (χ1) is 24.3. The van der Waals surface area contributed by atoms with E-state index >= 15 is 0 Å². The molecule has 0 bridgehead atoms. The van der Waals surface area contributed by atoms with Crippen LogP contribution in [0.5, 0.6) is 0 Å². The minimum absolute atomic E-state index is 0.00507. The summed E-state index contributed by atoms with van der Waals surface area (Å²) in [4.78, 5) is 83.9. The monoisotopic (exact) mass is 704 g/mol. The molecule has 4 rings (SSSR count). The lowest BCUT2D eigenvalue weighted by molar-refractivity contribution is -0.138. The van der Waals surface area contributed by atoms with Gasteiger partial charge in [0.05, 0.1) is 12.6 Å². The highest BCUT2D eigenvalue weighted by Gasteiger charge is 2.34. The van der Waals surface area contributed by atoms with E-state index < -0.39 is 84.8 Å². The maximum atomic E-state index is 14.1. The molecule has 16 heteroatoms. The van der Waals surface area contributed by atoms with Crippen molar-refractivity contribution >= 4 is 57.3 Å². The number of carboxylic acids is 1. The van der Waals surface area contributed by atoms with Gasteiger partial charge in [0.25, 0.3) is 0 Å². The average molecular weight is 705 g/mol. The average Bonchev–Trinajstić information content (AvgIpc) is 3.71. The van der Waals surface area contributed by atoms with Gasteiger partial charge < -0.3 is 52.5 Å². The Morgan fingerprint density at radius 1 is 0.686 bits per heavy atom. The molecule has 0 fully saturated rings. The summed E-state index contributed by atoms with van der Waals surface area (Å²) in [6.45, 7) is 3.53. The molecule has 0 aliphatic rings. The van der Waals surface area contributed by atoms with Gasteiger partial charge in [-0.25, -0.2) is 0 Å².